The summed E-state index contributed by atoms with van der Waals surface area (Å²) in [5.41, 5.74) is 1.89. The van der Waals surface area contributed by atoms with Crippen molar-refractivity contribution in [3.63, 3.8) is 0 Å². The zero-order valence-corrected chi connectivity index (χ0v) is 13.6. The molecule has 118 valence electrons. The van der Waals surface area contributed by atoms with Crippen LogP contribution >= 0.6 is 24.0 Å². The van der Waals surface area contributed by atoms with Crippen molar-refractivity contribution < 1.29 is 9.13 Å². The van der Waals surface area contributed by atoms with Gasteiger partial charge in [-0.15, -0.1) is 19.0 Å². The van der Waals surface area contributed by atoms with Gasteiger partial charge in [0.1, 0.15) is 18.2 Å². The Hall–Kier alpha value is -1.55. The molecule has 1 N–H and O–H groups in total. The molecule has 0 bridgehead atoms. The van der Waals surface area contributed by atoms with Gasteiger partial charge in [-0.05, 0) is 35.9 Å². The average molecular weight is 342 g/mol. The molecule has 2 aromatic rings. The van der Waals surface area contributed by atoms with Crippen molar-refractivity contribution >= 4 is 24.0 Å². The lowest BCUT2D eigenvalue weighted by Crippen LogP contribution is -2.13. The summed E-state index contributed by atoms with van der Waals surface area (Å²) in [6.45, 7) is 5.41. The molecule has 0 amide bonds. The molecule has 0 atom stereocenters. The van der Waals surface area contributed by atoms with Crippen LogP contribution in [0.5, 0.6) is 5.75 Å². The molecule has 2 aromatic carbocycles. The van der Waals surface area contributed by atoms with Crippen molar-refractivity contribution in [1.82, 2.24) is 5.32 Å². The predicted octanol–water partition coefficient (Wildman–Crippen LogP) is 4.76. The van der Waals surface area contributed by atoms with Gasteiger partial charge in [0.05, 0.1) is 0 Å². The molecule has 0 aromatic heterocycles. The van der Waals surface area contributed by atoms with E-state index in [0.29, 0.717) is 24.7 Å². The fourth-order valence-electron chi connectivity index (χ4n) is 1.88. The van der Waals surface area contributed by atoms with Gasteiger partial charge in [0.25, 0.3) is 0 Å². The fourth-order valence-corrected chi connectivity index (χ4v) is 2.07. The van der Waals surface area contributed by atoms with Crippen LogP contribution in [-0.2, 0) is 13.2 Å². The van der Waals surface area contributed by atoms with Crippen LogP contribution in [0.1, 0.15) is 11.1 Å². The molecule has 0 saturated heterocycles. The summed E-state index contributed by atoms with van der Waals surface area (Å²) < 4.78 is 18.7. The van der Waals surface area contributed by atoms with Crippen LogP contribution in [0, 0.1) is 5.82 Å². The maximum absolute atomic E-state index is 12.9. The molecular weight excluding hydrogens is 324 g/mol. The molecular formula is C17H18Cl2FNO. The first-order valence-electron chi connectivity index (χ1n) is 6.66. The summed E-state index contributed by atoms with van der Waals surface area (Å²) >= 11 is 6.02. The van der Waals surface area contributed by atoms with Crippen LogP contribution in [0.3, 0.4) is 0 Å². The van der Waals surface area contributed by atoms with Gasteiger partial charge < -0.3 is 10.1 Å². The first-order chi connectivity index (χ1) is 10.2. The fraction of sp³-hybridized carbons (Fsp3) is 0.176. The molecule has 0 aliphatic rings. The molecule has 0 aliphatic carbocycles. The van der Waals surface area contributed by atoms with Crippen LogP contribution in [0.2, 0.25) is 5.02 Å². The van der Waals surface area contributed by atoms with Gasteiger partial charge in [0.2, 0.25) is 0 Å². The second kappa shape index (κ2) is 9.46. The van der Waals surface area contributed by atoms with E-state index in [1.54, 1.807) is 24.3 Å². The monoisotopic (exact) mass is 341 g/mol. The maximum atomic E-state index is 12.9. The van der Waals surface area contributed by atoms with Crippen LogP contribution in [0.25, 0.3) is 0 Å². The highest BCUT2D eigenvalue weighted by Gasteiger charge is 2.05. The summed E-state index contributed by atoms with van der Waals surface area (Å²) in [5.74, 6) is 0.514. The van der Waals surface area contributed by atoms with Crippen LogP contribution < -0.4 is 10.1 Å². The number of ether oxygens (including phenoxy) is 1. The standard InChI is InChI=1S/C17H17ClFNO.ClH/c1-2-9-20-11-14-10-15(18)5-8-17(14)21-12-13-3-6-16(19)7-4-13;/h2-8,10,20H,1,9,11-12H2;1H. The largest absolute Gasteiger partial charge is 0.489 e. The van der Waals surface area contributed by atoms with E-state index >= 15 is 0 Å². The molecule has 0 aliphatic heterocycles. The van der Waals surface area contributed by atoms with Crippen LogP contribution in [0.4, 0.5) is 4.39 Å². The molecule has 22 heavy (non-hydrogen) atoms. The predicted molar refractivity (Wildman–Crippen MR) is 91.3 cm³/mol. The highest BCUT2D eigenvalue weighted by atomic mass is 35.5. The third kappa shape index (κ3) is 5.68. The van der Waals surface area contributed by atoms with E-state index in [1.807, 2.05) is 12.1 Å². The second-order valence-electron chi connectivity index (χ2n) is 4.59. The lowest BCUT2D eigenvalue weighted by Gasteiger charge is -2.12. The van der Waals surface area contributed by atoms with Gasteiger partial charge >= 0.3 is 0 Å². The van der Waals surface area contributed by atoms with Gasteiger partial charge in [-0.25, -0.2) is 4.39 Å². The Balaban J connectivity index is 0.00000242. The summed E-state index contributed by atoms with van der Waals surface area (Å²) in [5, 5.41) is 3.88. The third-order valence-corrected chi connectivity index (χ3v) is 3.17. The Morgan fingerprint density at radius 3 is 2.59 bits per heavy atom. The minimum atomic E-state index is -0.250. The van der Waals surface area contributed by atoms with Gasteiger partial charge in [-0.2, -0.15) is 0 Å². The van der Waals surface area contributed by atoms with Gasteiger partial charge in [-0.3, -0.25) is 0 Å². The SMILES string of the molecule is C=CCNCc1cc(Cl)ccc1OCc1ccc(F)cc1.Cl. The van der Waals surface area contributed by atoms with E-state index < -0.39 is 0 Å². The molecule has 5 heteroatoms. The minimum Gasteiger partial charge on any atom is -0.489 e. The summed E-state index contributed by atoms with van der Waals surface area (Å²) in [6, 6.07) is 11.8. The quantitative estimate of drug-likeness (QED) is 0.579. The molecule has 0 fully saturated rings. The Morgan fingerprint density at radius 2 is 1.91 bits per heavy atom. The Morgan fingerprint density at radius 1 is 1.18 bits per heavy atom. The molecule has 0 unspecified atom stereocenters. The molecule has 0 radical (unpaired) electrons. The zero-order valence-electron chi connectivity index (χ0n) is 12.0. The first-order valence-corrected chi connectivity index (χ1v) is 7.04. The van der Waals surface area contributed by atoms with Crippen molar-refractivity contribution in [2.24, 2.45) is 0 Å². The van der Waals surface area contributed by atoms with E-state index in [4.69, 9.17) is 16.3 Å². The topological polar surface area (TPSA) is 21.3 Å². The van der Waals surface area contributed by atoms with Gasteiger partial charge in [-0.1, -0.05) is 29.8 Å². The van der Waals surface area contributed by atoms with Gasteiger partial charge in [0, 0.05) is 23.7 Å². The Labute approximate surface area is 141 Å². The maximum Gasteiger partial charge on any atom is 0.124 e. The number of hydrogen-bond acceptors (Lipinski definition) is 2. The Bertz CT molecular complexity index is 602. The zero-order chi connectivity index (χ0) is 15.1. The van der Waals surface area contributed by atoms with E-state index in [2.05, 4.69) is 11.9 Å². The summed E-state index contributed by atoms with van der Waals surface area (Å²) in [7, 11) is 0. The summed E-state index contributed by atoms with van der Waals surface area (Å²) in [4.78, 5) is 0. The van der Waals surface area contributed by atoms with E-state index in [1.165, 1.54) is 12.1 Å². The van der Waals surface area contributed by atoms with E-state index in [-0.39, 0.29) is 18.2 Å². The van der Waals surface area contributed by atoms with Crippen LogP contribution in [-0.4, -0.2) is 6.54 Å². The lowest BCUT2D eigenvalue weighted by atomic mass is 10.2. The van der Waals surface area contributed by atoms with Crippen molar-refractivity contribution in [2.75, 3.05) is 6.54 Å². The number of nitrogens with one attached hydrogen (secondary N) is 1. The number of benzene rings is 2. The number of halogens is 3. The third-order valence-electron chi connectivity index (χ3n) is 2.93. The van der Waals surface area contributed by atoms with Crippen molar-refractivity contribution in [3.05, 3.63) is 77.1 Å². The number of rotatable bonds is 7. The normalized spacial score (nSPS) is 9.91. The average Bonchev–Trinajstić information content (AvgIpc) is 2.48. The molecule has 0 spiro atoms. The molecule has 0 heterocycles. The Kier molecular flexibility index (Phi) is 7.96. The summed E-state index contributed by atoms with van der Waals surface area (Å²) in [6.07, 6.45) is 1.80. The highest BCUT2D eigenvalue weighted by Crippen LogP contribution is 2.24. The van der Waals surface area contributed by atoms with Crippen molar-refractivity contribution in [2.45, 2.75) is 13.2 Å². The van der Waals surface area contributed by atoms with E-state index in [9.17, 15) is 4.39 Å². The molecule has 2 rings (SSSR count). The number of hydrogen-bond donors (Lipinski definition) is 1. The van der Waals surface area contributed by atoms with E-state index in [0.717, 1.165) is 16.9 Å². The van der Waals surface area contributed by atoms with Gasteiger partial charge in [0.15, 0.2) is 0 Å². The smallest absolute Gasteiger partial charge is 0.124 e. The van der Waals surface area contributed by atoms with Crippen LogP contribution in [0.15, 0.2) is 55.1 Å². The van der Waals surface area contributed by atoms with Crippen molar-refractivity contribution in [3.8, 4) is 5.75 Å². The minimum absolute atomic E-state index is 0. The second-order valence-corrected chi connectivity index (χ2v) is 5.02. The molecule has 0 saturated carbocycles. The highest BCUT2D eigenvalue weighted by molar-refractivity contribution is 6.30. The molecule has 2 nitrogen and oxygen atoms in total. The lowest BCUT2D eigenvalue weighted by molar-refractivity contribution is 0.302. The first kappa shape index (κ1) is 18.5. The van der Waals surface area contributed by atoms with Crippen molar-refractivity contribution in [1.29, 1.82) is 0 Å².